The molecule has 0 bridgehead atoms. The topological polar surface area (TPSA) is 72.4 Å². The van der Waals surface area contributed by atoms with E-state index < -0.39 is 4.92 Å². The van der Waals surface area contributed by atoms with Gasteiger partial charge in [-0.25, -0.2) is 0 Å². The zero-order valence-corrected chi connectivity index (χ0v) is 11.5. The molecule has 0 aliphatic heterocycles. The molecule has 0 amide bonds. The highest BCUT2D eigenvalue weighted by atomic mass is 16.6. The zero-order chi connectivity index (χ0) is 14.0. The van der Waals surface area contributed by atoms with Gasteiger partial charge in [-0.3, -0.25) is 10.1 Å². The van der Waals surface area contributed by atoms with Crippen molar-refractivity contribution in [3.05, 3.63) is 28.3 Å². The van der Waals surface area contributed by atoms with Crippen LogP contribution in [0.25, 0.3) is 0 Å². The van der Waals surface area contributed by atoms with Crippen LogP contribution in [0.15, 0.2) is 18.2 Å². The van der Waals surface area contributed by atoms with Crippen LogP contribution in [0, 0.1) is 16.0 Å². The molecule has 0 spiro atoms. The monoisotopic (exact) mass is 263 g/mol. The first-order chi connectivity index (χ1) is 8.99. The summed E-state index contributed by atoms with van der Waals surface area (Å²) in [6.07, 6.45) is 4.90. The summed E-state index contributed by atoms with van der Waals surface area (Å²) in [5, 5.41) is 10.8. The van der Waals surface area contributed by atoms with E-state index in [1.165, 1.54) is 31.7 Å². The maximum absolute atomic E-state index is 10.8. The van der Waals surface area contributed by atoms with Gasteiger partial charge in [0.25, 0.3) is 5.69 Å². The predicted molar refractivity (Wildman–Crippen MR) is 77.3 cm³/mol. The van der Waals surface area contributed by atoms with Gasteiger partial charge < -0.3 is 10.6 Å². The van der Waals surface area contributed by atoms with Gasteiger partial charge in [0.2, 0.25) is 0 Å². The molecule has 1 aliphatic carbocycles. The fraction of sp³-hybridized carbons (Fsp3) is 0.571. The Morgan fingerprint density at radius 2 is 2.16 bits per heavy atom. The van der Waals surface area contributed by atoms with E-state index in [0.29, 0.717) is 6.04 Å². The van der Waals surface area contributed by atoms with Crippen molar-refractivity contribution in [1.29, 1.82) is 0 Å². The van der Waals surface area contributed by atoms with E-state index in [9.17, 15) is 10.1 Å². The van der Waals surface area contributed by atoms with E-state index in [1.54, 1.807) is 12.1 Å². The number of nitrogens with zero attached hydrogens (tertiary/aromatic N) is 2. The first-order valence-corrected chi connectivity index (χ1v) is 6.75. The second kappa shape index (κ2) is 5.47. The number of nitrogen functional groups attached to an aromatic ring is 1. The van der Waals surface area contributed by atoms with Crippen molar-refractivity contribution in [3.63, 3.8) is 0 Å². The molecule has 1 fully saturated rings. The van der Waals surface area contributed by atoms with Gasteiger partial charge in [-0.05, 0) is 30.9 Å². The summed E-state index contributed by atoms with van der Waals surface area (Å²) in [5.74, 6) is 0.747. The number of rotatable bonds is 3. The second-order valence-electron chi connectivity index (χ2n) is 5.54. The Balaban J connectivity index is 2.17. The van der Waals surface area contributed by atoms with E-state index in [0.717, 1.165) is 11.6 Å². The lowest BCUT2D eigenvalue weighted by molar-refractivity contribution is -0.383. The van der Waals surface area contributed by atoms with E-state index >= 15 is 0 Å². The van der Waals surface area contributed by atoms with Crippen LogP contribution in [-0.4, -0.2) is 18.0 Å². The molecule has 2 unspecified atom stereocenters. The largest absolute Gasteiger partial charge is 0.393 e. The van der Waals surface area contributed by atoms with E-state index in [-0.39, 0.29) is 11.4 Å². The average molecular weight is 263 g/mol. The molecule has 19 heavy (non-hydrogen) atoms. The smallest absolute Gasteiger partial charge is 0.292 e. The van der Waals surface area contributed by atoms with Crippen LogP contribution in [0.3, 0.4) is 0 Å². The number of nitro benzene ring substituents is 1. The Morgan fingerprint density at radius 3 is 2.74 bits per heavy atom. The molecule has 2 rings (SSSR count). The quantitative estimate of drug-likeness (QED) is 0.516. The number of hydrogen-bond acceptors (Lipinski definition) is 4. The predicted octanol–water partition coefficient (Wildman–Crippen LogP) is 3.19. The number of benzene rings is 1. The Bertz CT molecular complexity index is 476. The van der Waals surface area contributed by atoms with Crippen molar-refractivity contribution in [1.82, 2.24) is 0 Å². The summed E-state index contributed by atoms with van der Waals surface area (Å²) in [6, 6.07) is 5.49. The summed E-state index contributed by atoms with van der Waals surface area (Å²) in [4.78, 5) is 12.5. The minimum atomic E-state index is -0.443. The van der Waals surface area contributed by atoms with Gasteiger partial charge in [0.15, 0.2) is 0 Å². The molecule has 0 heterocycles. The fourth-order valence-corrected chi connectivity index (χ4v) is 2.89. The van der Waals surface area contributed by atoms with Crippen molar-refractivity contribution in [2.75, 3.05) is 17.7 Å². The SMILES string of the molecule is CC1CCCC(N(C)c2ccc([N+](=O)[O-])c(N)c2)C1. The second-order valence-corrected chi connectivity index (χ2v) is 5.54. The molecular formula is C14H21N3O2. The van der Waals surface area contributed by atoms with Crippen molar-refractivity contribution in [2.45, 2.75) is 38.6 Å². The molecule has 0 aromatic heterocycles. The highest BCUT2D eigenvalue weighted by Gasteiger charge is 2.23. The molecule has 0 radical (unpaired) electrons. The number of hydrogen-bond donors (Lipinski definition) is 1. The van der Waals surface area contributed by atoms with Gasteiger partial charge in [-0.2, -0.15) is 0 Å². The third-order valence-corrected chi connectivity index (χ3v) is 4.07. The molecule has 2 atom stereocenters. The summed E-state index contributed by atoms with van der Waals surface area (Å²) in [5.41, 5.74) is 6.92. The lowest BCUT2D eigenvalue weighted by Gasteiger charge is -2.35. The number of nitrogens with two attached hydrogens (primary N) is 1. The average Bonchev–Trinajstić information content (AvgIpc) is 2.37. The summed E-state index contributed by atoms with van der Waals surface area (Å²) < 4.78 is 0. The van der Waals surface area contributed by atoms with Crippen LogP contribution in [0.2, 0.25) is 0 Å². The van der Waals surface area contributed by atoms with Gasteiger partial charge in [-0.15, -0.1) is 0 Å². The van der Waals surface area contributed by atoms with Crippen LogP contribution in [0.4, 0.5) is 17.1 Å². The van der Waals surface area contributed by atoms with Crippen LogP contribution in [-0.2, 0) is 0 Å². The zero-order valence-electron chi connectivity index (χ0n) is 11.5. The Morgan fingerprint density at radius 1 is 1.42 bits per heavy atom. The molecule has 1 aromatic rings. The standard InChI is InChI=1S/C14H21N3O2/c1-10-4-3-5-11(8-10)16(2)12-6-7-14(17(18)19)13(15)9-12/h6-7,9-11H,3-5,8,15H2,1-2H3. The summed E-state index contributed by atoms with van der Waals surface area (Å²) >= 11 is 0. The molecular weight excluding hydrogens is 242 g/mol. The fourth-order valence-electron chi connectivity index (χ4n) is 2.89. The van der Waals surface area contributed by atoms with Gasteiger partial charge in [0, 0.05) is 24.8 Å². The van der Waals surface area contributed by atoms with Gasteiger partial charge in [0.05, 0.1) is 4.92 Å². The van der Waals surface area contributed by atoms with Crippen LogP contribution in [0.5, 0.6) is 0 Å². The molecule has 5 heteroatoms. The number of nitro groups is 1. The van der Waals surface area contributed by atoms with Gasteiger partial charge in [-0.1, -0.05) is 19.8 Å². The first kappa shape index (κ1) is 13.6. The van der Waals surface area contributed by atoms with Gasteiger partial charge in [0.1, 0.15) is 5.69 Å². The molecule has 104 valence electrons. The maximum atomic E-state index is 10.8. The number of anilines is 2. The third-order valence-electron chi connectivity index (χ3n) is 4.07. The highest BCUT2D eigenvalue weighted by Crippen LogP contribution is 2.32. The Labute approximate surface area is 113 Å². The van der Waals surface area contributed by atoms with E-state index in [1.807, 2.05) is 7.05 Å². The summed E-state index contributed by atoms with van der Waals surface area (Å²) in [6.45, 7) is 2.28. The highest BCUT2D eigenvalue weighted by molar-refractivity contribution is 5.66. The minimum absolute atomic E-state index is 0.0193. The Kier molecular flexibility index (Phi) is 3.93. The van der Waals surface area contributed by atoms with E-state index in [2.05, 4.69) is 11.8 Å². The van der Waals surface area contributed by atoms with Crippen molar-refractivity contribution in [2.24, 2.45) is 5.92 Å². The maximum Gasteiger partial charge on any atom is 0.292 e. The van der Waals surface area contributed by atoms with Crippen LogP contribution < -0.4 is 10.6 Å². The lowest BCUT2D eigenvalue weighted by atomic mass is 9.86. The van der Waals surface area contributed by atoms with Crippen molar-refractivity contribution < 1.29 is 4.92 Å². The van der Waals surface area contributed by atoms with Crippen molar-refractivity contribution in [3.8, 4) is 0 Å². The van der Waals surface area contributed by atoms with Crippen LogP contribution in [0.1, 0.15) is 32.6 Å². The molecule has 1 aliphatic rings. The molecule has 1 aromatic carbocycles. The Hall–Kier alpha value is -1.78. The third kappa shape index (κ3) is 2.97. The molecule has 5 nitrogen and oxygen atoms in total. The van der Waals surface area contributed by atoms with Gasteiger partial charge >= 0.3 is 0 Å². The van der Waals surface area contributed by atoms with E-state index in [4.69, 9.17) is 5.73 Å². The van der Waals surface area contributed by atoms with Crippen LogP contribution >= 0.6 is 0 Å². The minimum Gasteiger partial charge on any atom is -0.393 e. The molecule has 2 N–H and O–H groups in total. The molecule has 1 saturated carbocycles. The first-order valence-electron chi connectivity index (χ1n) is 6.75. The van der Waals surface area contributed by atoms with Crippen molar-refractivity contribution >= 4 is 17.1 Å². The molecule has 0 saturated heterocycles. The normalized spacial score (nSPS) is 23.1. The summed E-state index contributed by atoms with van der Waals surface area (Å²) in [7, 11) is 2.04. The lowest BCUT2D eigenvalue weighted by Crippen LogP contribution is -2.35.